The summed E-state index contributed by atoms with van der Waals surface area (Å²) in [6.45, 7) is 1.23. The molecule has 0 spiro atoms. The van der Waals surface area contributed by atoms with E-state index in [-0.39, 0.29) is 30.2 Å². The molecule has 0 radical (unpaired) electrons. The molecule has 3 atom stereocenters. The van der Waals surface area contributed by atoms with Gasteiger partial charge in [0.15, 0.2) is 5.82 Å². The lowest BCUT2D eigenvalue weighted by Crippen LogP contribution is -2.56. The zero-order chi connectivity index (χ0) is 26.7. The number of carbonyl (C=O) groups excluding carboxylic acids is 2. The second kappa shape index (κ2) is 10.7. The van der Waals surface area contributed by atoms with Gasteiger partial charge in [0, 0.05) is 19.2 Å². The maximum absolute atomic E-state index is 13.4. The number of rotatable bonds is 7. The minimum Gasteiger partial charge on any atom is -0.475 e. The van der Waals surface area contributed by atoms with E-state index in [0.29, 0.717) is 25.2 Å². The Morgan fingerprint density at radius 1 is 1.30 bits per heavy atom. The molecule has 0 unspecified atom stereocenters. The molecular formula is C21H25F3N8O5. The molecule has 3 amide bonds. The van der Waals surface area contributed by atoms with E-state index in [2.05, 4.69) is 25.3 Å². The summed E-state index contributed by atoms with van der Waals surface area (Å²) >= 11 is 0. The molecule has 2 aromatic rings. The van der Waals surface area contributed by atoms with Gasteiger partial charge in [0.1, 0.15) is 30.9 Å². The van der Waals surface area contributed by atoms with Crippen molar-refractivity contribution in [1.82, 2.24) is 25.3 Å². The van der Waals surface area contributed by atoms with Gasteiger partial charge in [-0.25, -0.2) is 24.7 Å². The number of aliphatic hydroxyl groups excluding tert-OH is 2. The Labute approximate surface area is 208 Å². The fraction of sp³-hybridized carbons (Fsp3) is 0.524. The van der Waals surface area contributed by atoms with Crippen LogP contribution in [0.15, 0.2) is 18.6 Å². The van der Waals surface area contributed by atoms with Crippen LogP contribution < -0.4 is 25.2 Å². The highest BCUT2D eigenvalue weighted by molar-refractivity contribution is 6.04. The second-order valence-corrected chi connectivity index (χ2v) is 8.57. The van der Waals surface area contributed by atoms with Gasteiger partial charge in [0.25, 0.3) is 5.91 Å². The van der Waals surface area contributed by atoms with Crippen molar-refractivity contribution in [3.8, 4) is 5.88 Å². The third-order valence-electron chi connectivity index (χ3n) is 5.85. The van der Waals surface area contributed by atoms with Crippen molar-refractivity contribution < 1.29 is 37.7 Å². The van der Waals surface area contributed by atoms with E-state index >= 15 is 0 Å². The van der Waals surface area contributed by atoms with Gasteiger partial charge in [-0.15, -0.1) is 0 Å². The highest BCUT2D eigenvalue weighted by Crippen LogP contribution is 2.37. The van der Waals surface area contributed by atoms with E-state index in [9.17, 15) is 27.9 Å². The minimum absolute atomic E-state index is 0.0424. The Hall–Kier alpha value is -3.79. The minimum atomic E-state index is -4.64. The number of nitrogens with zero attached hydrogens (tertiary/aromatic N) is 6. The molecule has 2 aliphatic heterocycles. The third-order valence-corrected chi connectivity index (χ3v) is 5.85. The molecule has 1 saturated heterocycles. The summed E-state index contributed by atoms with van der Waals surface area (Å²) in [6, 6.07) is -1.76. The van der Waals surface area contributed by atoms with Crippen molar-refractivity contribution in [3.63, 3.8) is 0 Å². The lowest BCUT2D eigenvalue weighted by Gasteiger charge is -2.45. The number of amides is 3. The van der Waals surface area contributed by atoms with E-state index in [1.165, 1.54) is 17.2 Å². The second-order valence-electron chi connectivity index (χ2n) is 8.57. The molecule has 16 heteroatoms. The number of carbonyl (C=O) groups is 2. The Bertz CT molecular complexity index is 1150. The third kappa shape index (κ3) is 5.96. The average molecular weight is 526 g/mol. The number of aliphatic hydroxyl groups is 2. The van der Waals surface area contributed by atoms with Crippen LogP contribution in [0.25, 0.3) is 0 Å². The van der Waals surface area contributed by atoms with E-state index in [1.807, 2.05) is 10.2 Å². The molecule has 0 aliphatic carbocycles. The van der Waals surface area contributed by atoms with Crippen LogP contribution in [0.1, 0.15) is 30.4 Å². The summed E-state index contributed by atoms with van der Waals surface area (Å²) in [5.41, 5.74) is 0.469. The van der Waals surface area contributed by atoms with E-state index in [4.69, 9.17) is 9.84 Å². The molecule has 2 aromatic heterocycles. The van der Waals surface area contributed by atoms with Crippen molar-refractivity contribution in [2.45, 2.75) is 44.1 Å². The number of aromatic nitrogens is 4. The van der Waals surface area contributed by atoms with Crippen LogP contribution in [0, 0.1) is 0 Å². The molecule has 4 heterocycles. The van der Waals surface area contributed by atoms with Crippen molar-refractivity contribution in [1.29, 1.82) is 0 Å². The van der Waals surface area contributed by atoms with E-state index < -0.39 is 42.7 Å². The van der Waals surface area contributed by atoms with Gasteiger partial charge in [-0.1, -0.05) is 0 Å². The van der Waals surface area contributed by atoms with Gasteiger partial charge < -0.3 is 25.2 Å². The number of anilines is 3. The van der Waals surface area contributed by atoms with Crippen molar-refractivity contribution >= 4 is 29.3 Å². The maximum atomic E-state index is 13.4. The number of alkyl halides is 3. The Balaban J connectivity index is 1.57. The Morgan fingerprint density at radius 3 is 2.81 bits per heavy atom. The molecule has 0 saturated carbocycles. The fourth-order valence-electron chi connectivity index (χ4n) is 3.93. The van der Waals surface area contributed by atoms with Crippen LogP contribution in [-0.4, -0.2) is 92.8 Å². The van der Waals surface area contributed by atoms with E-state index in [0.717, 1.165) is 19.7 Å². The molecule has 4 rings (SSSR count). The van der Waals surface area contributed by atoms with Crippen LogP contribution in [0.2, 0.25) is 0 Å². The SMILES string of the molecule is C[C@@H](NC(=O)c1ncc2c(n1)N(C(=O)Nc1cc(OC[C@H](O)CO)ncn1)[C@H]1CCCN2C1)C(F)(F)F. The summed E-state index contributed by atoms with van der Waals surface area (Å²) in [5, 5.41) is 22.8. The Morgan fingerprint density at radius 2 is 2.08 bits per heavy atom. The maximum Gasteiger partial charge on any atom is 0.408 e. The lowest BCUT2D eigenvalue weighted by atomic mass is 10.0. The van der Waals surface area contributed by atoms with Gasteiger partial charge in [-0.3, -0.25) is 15.0 Å². The normalized spacial score (nSPS) is 18.5. The molecule has 1 fully saturated rings. The van der Waals surface area contributed by atoms with Crippen molar-refractivity contribution in [2.24, 2.45) is 0 Å². The molecule has 37 heavy (non-hydrogen) atoms. The summed E-state index contributed by atoms with van der Waals surface area (Å²) in [5.74, 6) is -1.43. The summed E-state index contributed by atoms with van der Waals surface area (Å²) in [6.07, 6.45) is -1.89. The monoisotopic (exact) mass is 526 g/mol. The molecule has 4 N–H and O–H groups in total. The number of fused-ring (bicyclic) bond motifs is 4. The highest BCUT2D eigenvalue weighted by atomic mass is 19.4. The fourth-order valence-corrected chi connectivity index (χ4v) is 3.93. The summed E-state index contributed by atoms with van der Waals surface area (Å²) in [7, 11) is 0. The zero-order valence-corrected chi connectivity index (χ0v) is 19.6. The van der Waals surface area contributed by atoms with Gasteiger partial charge in [-0.2, -0.15) is 13.2 Å². The van der Waals surface area contributed by atoms with Crippen LogP contribution in [0.5, 0.6) is 5.88 Å². The zero-order valence-electron chi connectivity index (χ0n) is 19.6. The molecule has 0 aromatic carbocycles. The predicted octanol–water partition coefficient (Wildman–Crippen LogP) is 0.700. The molecular weight excluding hydrogens is 501 g/mol. The quantitative estimate of drug-likeness (QED) is 0.403. The van der Waals surface area contributed by atoms with Crippen LogP contribution >= 0.6 is 0 Å². The molecule has 13 nitrogen and oxygen atoms in total. The summed E-state index contributed by atoms with van der Waals surface area (Å²) < 4.78 is 44.0. The average Bonchev–Trinajstić information content (AvgIpc) is 2.86. The van der Waals surface area contributed by atoms with Gasteiger partial charge in [-0.05, 0) is 19.8 Å². The number of hydrogen-bond donors (Lipinski definition) is 4. The Kier molecular flexibility index (Phi) is 7.58. The first-order chi connectivity index (χ1) is 17.6. The van der Waals surface area contributed by atoms with Gasteiger partial charge in [0.2, 0.25) is 11.7 Å². The molecule has 2 aliphatic rings. The van der Waals surface area contributed by atoms with Crippen LogP contribution in [0.3, 0.4) is 0 Å². The predicted molar refractivity (Wildman–Crippen MR) is 122 cm³/mol. The number of ether oxygens (including phenoxy) is 1. The van der Waals surface area contributed by atoms with Gasteiger partial charge in [0.05, 0.1) is 24.5 Å². The standard InChI is InChI=1S/C21H25F3N8O5/c1-11(21(22,23)24)28-19(35)17-25-6-14-18(30-17)32(12-3-2-4-31(14)7-12)20(36)29-15-5-16(27-10-26-15)37-9-13(34)8-33/h5-6,10-13,33-34H,2-4,7-9H2,1H3,(H,28,35)(H,26,27,29,36)/t11-,12+,13-/m1/s1. The topological polar surface area (TPSA) is 166 Å². The van der Waals surface area contributed by atoms with E-state index in [1.54, 1.807) is 0 Å². The lowest BCUT2D eigenvalue weighted by molar-refractivity contribution is -0.149. The first kappa shape index (κ1) is 26.3. The largest absolute Gasteiger partial charge is 0.475 e. The van der Waals surface area contributed by atoms with Crippen LogP contribution in [-0.2, 0) is 0 Å². The summed E-state index contributed by atoms with van der Waals surface area (Å²) in [4.78, 5) is 45.1. The highest BCUT2D eigenvalue weighted by Gasteiger charge is 2.40. The smallest absolute Gasteiger partial charge is 0.408 e. The van der Waals surface area contributed by atoms with Crippen molar-refractivity contribution in [2.75, 3.05) is 41.4 Å². The number of nitrogens with one attached hydrogen (secondary N) is 2. The number of halogens is 3. The number of hydrogen-bond acceptors (Lipinski definition) is 10. The first-order valence-corrected chi connectivity index (χ1v) is 11.4. The number of urea groups is 1. The van der Waals surface area contributed by atoms with Gasteiger partial charge >= 0.3 is 12.2 Å². The first-order valence-electron chi connectivity index (χ1n) is 11.4. The molecule has 200 valence electrons. The van der Waals surface area contributed by atoms with Crippen molar-refractivity contribution in [3.05, 3.63) is 24.4 Å². The van der Waals surface area contributed by atoms with Crippen LogP contribution in [0.4, 0.5) is 35.3 Å². The number of piperidine rings is 1. The molecule has 2 bridgehead atoms.